The molecule has 1 rings (SSSR count). The van der Waals surface area contributed by atoms with Gasteiger partial charge in [-0.3, -0.25) is 9.59 Å². The molecule has 1 aliphatic carbocycles. The summed E-state index contributed by atoms with van der Waals surface area (Å²) in [7, 11) is 0. The first-order chi connectivity index (χ1) is 7.03. The lowest BCUT2D eigenvalue weighted by molar-refractivity contribution is -0.141. The van der Waals surface area contributed by atoms with Gasteiger partial charge in [0.25, 0.3) is 0 Å². The lowest BCUT2D eigenvalue weighted by atomic mass is 9.63. The molecule has 16 heavy (non-hydrogen) atoms. The first-order valence-corrected chi connectivity index (χ1v) is 6.12. The largest absolute Gasteiger partial charge is 0.299 e. The summed E-state index contributed by atoms with van der Waals surface area (Å²) in [6, 6.07) is 0. The standard InChI is InChI=1S/C14H24O2/c1-13(2,3)11(15)9-7-10(8-9)12(16)14(4,5)6/h9-10H,7-8H2,1-6H3. The molecule has 1 aliphatic rings. The van der Waals surface area contributed by atoms with E-state index in [-0.39, 0.29) is 22.7 Å². The molecule has 0 unspecified atom stereocenters. The molecule has 0 radical (unpaired) electrons. The maximum atomic E-state index is 12.0. The Kier molecular flexibility index (Phi) is 3.33. The van der Waals surface area contributed by atoms with Gasteiger partial charge in [0.15, 0.2) is 0 Å². The molecule has 1 saturated carbocycles. The maximum absolute atomic E-state index is 12.0. The van der Waals surface area contributed by atoms with Gasteiger partial charge in [-0.2, -0.15) is 0 Å². The van der Waals surface area contributed by atoms with Crippen molar-refractivity contribution < 1.29 is 9.59 Å². The quantitative estimate of drug-likeness (QED) is 0.721. The maximum Gasteiger partial charge on any atom is 0.141 e. The van der Waals surface area contributed by atoms with Crippen LogP contribution in [0.25, 0.3) is 0 Å². The Bertz CT molecular complexity index is 266. The molecule has 0 atom stereocenters. The number of rotatable bonds is 2. The van der Waals surface area contributed by atoms with E-state index >= 15 is 0 Å². The minimum absolute atomic E-state index is 0.122. The summed E-state index contributed by atoms with van der Waals surface area (Å²) in [5.41, 5.74) is -0.527. The van der Waals surface area contributed by atoms with Crippen molar-refractivity contribution in [3.63, 3.8) is 0 Å². The van der Waals surface area contributed by atoms with Crippen LogP contribution in [0.2, 0.25) is 0 Å². The predicted molar refractivity (Wildman–Crippen MR) is 65.1 cm³/mol. The Balaban J connectivity index is 2.51. The number of ketones is 2. The van der Waals surface area contributed by atoms with Gasteiger partial charge < -0.3 is 0 Å². The lowest BCUT2D eigenvalue weighted by Gasteiger charge is -2.39. The molecular weight excluding hydrogens is 200 g/mol. The predicted octanol–water partition coefficient (Wildman–Crippen LogP) is 3.24. The average Bonchev–Trinajstić information content (AvgIpc) is 1.97. The second kappa shape index (κ2) is 3.97. The van der Waals surface area contributed by atoms with Gasteiger partial charge in [-0.15, -0.1) is 0 Å². The minimum Gasteiger partial charge on any atom is -0.299 e. The molecule has 0 heterocycles. The molecule has 0 aliphatic heterocycles. The molecule has 2 nitrogen and oxygen atoms in total. The minimum atomic E-state index is -0.263. The van der Waals surface area contributed by atoms with Gasteiger partial charge in [0.05, 0.1) is 0 Å². The summed E-state index contributed by atoms with van der Waals surface area (Å²) in [5.74, 6) is 0.864. The molecule has 92 valence electrons. The van der Waals surface area contributed by atoms with Crippen LogP contribution >= 0.6 is 0 Å². The molecule has 0 aromatic heterocycles. The number of hydrogen-bond donors (Lipinski definition) is 0. The van der Waals surface area contributed by atoms with Crippen molar-refractivity contribution in [1.82, 2.24) is 0 Å². The van der Waals surface area contributed by atoms with Crippen LogP contribution in [-0.2, 0) is 9.59 Å². The van der Waals surface area contributed by atoms with E-state index in [1.54, 1.807) is 0 Å². The topological polar surface area (TPSA) is 34.1 Å². The number of carbonyl (C=O) groups excluding carboxylic acids is 2. The first-order valence-electron chi connectivity index (χ1n) is 6.12. The van der Waals surface area contributed by atoms with Gasteiger partial charge in [-0.05, 0) is 12.8 Å². The van der Waals surface area contributed by atoms with Crippen LogP contribution in [0, 0.1) is 22.7 Å². The molecule has 0 spiro atoms. The van der Waals surface area contributed by atoms with Crippen molar-refractivity contribution in [3.8, 4) is 0 Å². The highest BCUT2D eigenvalue weighted by Gasteiger charge is 2.44. The van der Waals surface area contributed by atoms with Crippen molar-refractivity contribution in [2.75, 3.05) is 0 Å². The van der Waals surface area contributed by atoms with Crippen LogP contribution in [0.3, 0.4) is 0 Å². The van der Waals surface area contributed by atoms with E-state index in [2.05, 4.69) is 0 Å². The third kappa shape index (κ3) is 2.72. The van der Waals surface area contributed by atoms with Gasteiger partial charge in [-0.1, -0.05) is 41.5 Å². The third-order valence-electron chi connectivity index (χ3n) is 3.36. The van der Waals surface area contributed by atoms with E-state index in [0.717, 1.165) is 12.8 Å². The third-order valence-corrected chi connectivity index (χ3v) is 3.36. The first kappa shape index (κ1) is 13.4. The molecule has 0 amide bonds. The molecule has 0 N–H and O–H groups in total. The summed E-state index contributed by atoms with van der Waals surface area (Å²) >= 11 is 0. The van der Waals surface area contributed by atoms with Gasteiger partial charge in [0, 0.05) is 22.7 Å². The molecule has 0 aromatic carbocycles. The second-order valence-corrected chi connectivity index (χ2v) is 7.09. The molecule has 0 bridgehead atoms. The molecular formula is C14H24O2. The van der Waals surface area contributed by atoms with Crippen molar-refractivity contribution in [3.05, 3.63) is 0 Å². The summed E-state index contributed by atoms with van der Waals surface area (Å²) in [6.07, 6.45) is 1.54. The SMILES string of the molecule is CC(C)(C)C(=O)C1CC(C(=O)C(C)(C)C)C1. The Morgan fingerprint density at radius 2 is 1.00 bits per heavy atom. The van der Waals surface area contributed by atoms with Crippen LogP contribution < -0.4 is 0 Å². The van der Waals surface area contributed by atoms with Crippen molar-refractivity contribution in [2.24, 2.45) is 22.7 Å². The van der Waals surface area contributed by atoms with Crippen molar-refractivity contribution in [1.29, 1.82) is 0 Å². The molecule has 0 saturated heterocycles. The zero-order chi connectivity index (χ0) is 12.7. The summed E-state index contributed by atoms with van der Waals surface area (Å²) < 4.78 is 0. The monoisotopic (exact) mass is 224 g/mol. The molecule has 0 aromatic rings. The summed E-state index contributed by atoms with van der Waals surface area (Å²) in [4.78, 5) is 23.9. The average molecular weight is 224 g/mol. The van der Waals surface area contributed by atoms with E-state index in [9.17, 15) is 9.59 Å². The van der Waals surface area contributed by atoms with Crippen molar-refractivity contribution >= 4 is 11.6 Å². The lowest BCUT2D eigenvalue weighted by Crippen LogP contribution is -2.43. The van der Waals surface area contributed by atoms with Crippen LogP contribution in [0.1, 0.15) is 54.4 Å². The van der Waals surface area contributed by atoms with Crippen LogP contribution in [-0.4, -0.2) is 11.6 Å². The summed E-state index contributed by atoms with van der Waals surface area (Å²) in [6.45, 7) is 11.7. The van der Waals surface area contributed by atoms with E-state index in [1.807, 2.05) is 41.5 Å². The van der Waals surface area contributed by atoms with Gasteiger partial charge in [-0.25, -0.2) is 0 Å². The summed E-state index contributed by atoms with van der Waals surface area (Å²) in [5, 5.41) is 0. The van der Waals surface area contributed by atoms with Crippen LogP contribution in [0.15, 0.2) is 0 Å². The molecule has 2 heteroatoms. The Hall–Kier alpha value is -0.660. The van der Waals surface area contributed by atoms with Gasteiger partial charge in [0.1, 0.15) is 11.6 Å². The number of hydrogen-bond acceptors (Lipinski definition) is 2. The normalized spacial score (nSPS) is 26.1. The van der Waals surface area contributed by atoms with Crippen LogP contribution in [0.4, 0.5) is 0 Å². The van der Waals surface area contributed by atoms with Gasteiger partial charge >= 0.3 is 0 Å². The Morgan fingerprint density at radius 3 is 1.19 bits per heavy atom. The Morgan fingerprint density at radius 1 is 0.750 bits per heavy atom. The highest BCUT2D eigenvalue weighted by molar-refractivity contribution is 5.92. The van der Waals surface area contributed by atoms with Crippen LogP contribution in [0.5, 0.6) is 0 Å². The van der Waals surface area contributed by atoms with Gasteiger partial charge in [0.2, 0.25) is 0 Å². The Labute approximate surface area is 98.8 Å². The smallest absolute Gasteiger partial charge is 0.141 e. The zero-order valence-corrected chi connectivity index (χ0v) is 11.4. The number of Topliss-reactive ketones (excluding diaryl/α,β-unsaturated/α-hetero) is 2. The van der Waals surface area contributed by atoms with E-state index in [1.165, 1.54) is 0 Å². The van der Waals surface area contributed by atoms with E-state index in [0.29, 0.717) is 11.6 Å². The number of carbonyl (C=O) groups is 2. The van der Waals surface area contributed by atoms with E-state index < -0.39 is 0 Å². The highest BCUT2D eigenvalue weighted by Crippen LogP contribution is 2.42. The van der Waals surface area contributed by atoms with Crippen molar-refractivity contribution in [2.45, 2.75) is 54.4 Å². The fourth-order valence-electron chi connectivity index (χ4n) is 2.27. The second-order valence-electron chi connectivity index (χ2n) is 7.09. The fourth-order valence-corrected chi connectivity index (χ4v) is 2.27. The highest BCUT2D eigenvalue weighted by atomic mass is 16.1. The van der Waals surface area contributed by atoms with E-state index in [4.69, 9.17) is 0 Å². The molecule has 1 fully saturated rings. The zero-order valence-electron chi connectivity index (χ0n) is 11.4. The fraction of sp³-hybridized carbons (Fsp3) is 0.857.